The molecule has 0 aliphatic heterocycles. The number of hydrogen-bond donors (Lipinski definition) is 1. The van der Waals surface area contributed by atoms with Crippen LogP contribution in [0, 0.1) is 0 Å². The number of aromatic nitrogens is 6. The monoisotopic (exact) mass is 299 g/mol. The van der Waals surface area contributed by atoms with Crippen molar-refractivity contribution in [1.82, 2.24) is 29.5 Å². The second-order valence-corrected chi connectivity index (χ2v) is 5.40. The molecule has 3 heterocycles. The zero-order valence-corrected chi connectivity index (χ0v) is 13.4. The van der Waals surface area contributed by atoms with Gasteiger partial charge < -0.3 is 5.32 Å². The highest BCUT2D eigenvalue weighted by Gasteiger charge is 2.16. The molecule has 22 heavy (non-hydrogen) atoms. The van der Waals surface area contributed by atoms with Crippen LogP contribution in [0.3, 0.4) is 0 Å². The van der Waals surface area contributed by atoms with Crippen molar-refractivity contribution < 1.29 is 0 Å². The molecule has 3 rings (SSSR count). The highest BCUT2D eigenvalue weighted by Crippen LogP contribution is 2.26. The minimum Gasteiger partial charge on any atom is -0.362 e. The predicted octanol–water partition coefficient (Wildman–Crippen LogP) is 2.22. The van der Waals surface area contributed by atoms with Crippen molar-refractivity contribution in [2.24, 2.45) is 14.1 Å². The van der Waals surface area contributed by atoms with E-state index in [0.717, 1.165) is 41.1 Å². The Hall–Kier alpha value is -2.44. The van der Waals surface area contributed by atoms with E-state index in [4.69, 9.17) is 0 Å². The summed E-state index contributed by atoms with van der Waals surface area (Å²) >= 11 is 0. The highest BCUT2D eigenvalue weighted by atomic mass is 15.3. The Morgan fingerprint density at radius 1 is 1.14 bits per heavy atom. The van der Waals surface area contributed by atoms with Gasteiger partial charge in [0.15, 0.2) is 5.65 Å². The summed E-state index contributed by atoms with van der Waals surface area (Å²) in [4.78, 5) is 9.21. The lowest BCUT2D eigenvalue weighted by molar-refractivity contribution is 0.735. The molecule has 1 N–H and O–H groups in total. The van der Waals surface area contributed by atoms with Gasteiger partial charge in [0, 0.05) is 32.3 Å². The van der Waals surface area contributed by atoms with Gasteiger partial charge in [0.25, 0.3) is 0 Å². The molecule has 0 aliphatic carbocycles. The third kappa shape index (κ3) is 2.54. The smallest absolute Gasteiger partial charge is 0.163 e. The first kappa shape index (κ1) is 14.5. The van der Waals surface area contributed by atoms with Gasteiger partial charge in [-0.2, -0.15) is 10.2 Å². The van der Waals surface area contributed by atoms with Crippen LogP contribution in [0.15, 0.2) is 18.6 Å². The number of anilines is 1. The Kier molecular flexibility index (Phi) is 3.79. The lowest BCUT2D eigenvalue weighted by Gasteiger charge is -2.17. The van der Waals surface area contributed by atoms with E-state index in [2.05, 4.69) is 39.3 Å². The van der Waals surface area contributed by atoms with Crippen LogP contribution in [-0.2, 0) is 20.5 Å². The highest BCUT2D eigenvalue weighted by molar-refractivity contribution is 5.86. The second kappa shape index (κ2) is 5.75. The summed E-state index contributed by atoms with van der Waals surface area (Å²) in [6, 6.07) is 0.164. The molecule has 0 aliphatic rings. The molecule has 7 heteroatoms. The van der Waals surface area contributed by atoms with E-state index in [1.54, 1.807) is 4.68 Å². The summed E-state index contributed by atoms with van der Waals surface area (Å²) in [6.07, 6.45) is 7.47. The second-order valence-electron chi connectivity index (χ2n) is 5.40. The number of nitrogens with zero attached hydrogens (tertiary/aromatic N) is 6. The van der Waals surface area contributed by atoms with Crippen LogP contribution in [0.5, 0.6) is 0 Å². The fourth-order valence-corrected chi connectivity index (χ4v) is 2.54. The van der Waals surface area contributed by atoms with Crippen molar-refractivity contribution in [2.45, 2.75) is 32.7 Å². The van der Waals surface area contributed by atoms with Crippen molar-refractivity contribution in [2.75, 3.05) is 5.32 Å². The molecule has 0 bridgehead atoms. The van der Waals surface area contributed by atoms with Gasteiger partial charge in [-0.3, -0.25) is 9.36 Å². The van der Waals surface area contributed by atoms with E-state index in [0.29, 0.717) is 0 Å². The van der Waals surface area contributed by atoms with E-state index in [1.807, 2.05) is 37.4 Å². The molecule has 0 fully saturated rings. The third-order valence-corrected chi connectivity index (χ3v) is 3.80. The molecule has 1 atom stereocenters. The molecule has 0 saturated carbocycles. The van der Waals surface area contributed by atoms with Crippen molar-refractivity contribution in [3.63, 3.8) is 0 Å². The largest absolute Gasteiger partial charge is 0.362 e. The minimum atomic E-state index is 0.164. The number of hydrogen-bond acceptors (Lipinski definition) is 5. The maximum atomic E-state index is 4.65. The summed E-state index contributed by atoms with van der Waals surface area (Å²) in [7, 11) is 3.83. The van der Waals surface area contributed by atoms with Crippen molar-refractivity contribution in [3.8, 4) is 0 Å². The fraction of sp³-hybridized carbons (Fsp3) is 0.467. The van der Waals surface area contributed by atoms with Crippen LogP contribution in [0.1, 0.15) is 37.7 Å². The first-order chi connectivity index (χ1) is 10.6. The molecule has 3 aromatic rings. The first-order valence-electron chi connectivity index (χ1n) is 7.56. The van der Waals surface area contributed by atoms with Crippen LogP contribution in [0.25, 0.3) is 11.0 Å². The van der Waals surface area contributed by atoms with Gasteiger partial charge in [-0.1, -0.05) is 13.8 Å². The van der Waals surface area contributed by atoms with Crippen LogP contribution < -0.4 is 5.32 Å². The van der Waals surface area contributed by atoms with Crippen molar-refractivity contribution in [1.29, 1.82) is 0 Å². The third-order valence-electron chi connectivity index (χ3n) is 3.80. The van der Waals surface area contributed by atoms with E-state index < -0.39 is 0 Å². The van der Waals surface area contributed by atoms with Gasteiger partial charge in [0.1, 0.15) is 11.6 Å². The van der Waals surface area contributed by atoms with Crippen molar-refractivity contribution in [3.05, 3.63) is 30.0 Å². The average molecular weight is 299 g/mol. The summed E-state index contributed by atoms with van der Waals surface area (Å²) < 4.78 is 3.60. The summed E-state index contributed by atoms with van der Waals surface area (Å²) in [5.41, 5.74) is 2.01. The molecule has 0 spiro atoms. The Bertz CT molecular complexity index is 786. The fourth-order valence-electron chi connectivity index (χ4n) is 2.54. The molecule has 7 nitrogen and oxygen atoms in total. The topological polar surface area (TPSA) is 73.5 Å². The maximum absolute atomic E-state index is 4.65. The lowest BCUT2D eigenvalue weighted by atomic mass is 10.1. The molecular formula is C15H21N7. The molecule has 0 radical (unpaired) electrons. The Labute approximate surface area is 129 Å². The Morgan fingerprint density at radius 3 is 2.59 bits per heavy atom. The molecule has 0 amide bonds. The van der Waals surface area contributed by atoms with Gasteiger partial charge >= 0.3 is 0 Å². The number of nitrogens with one attached hydrogen (secondary N) is 1. The van der Waals surface area contributed by atoms with Gasteiger partial charge in [-0.05, 0) is 6.42 Å². The van der Waals surface area contributed by atoms with Crippen molar-refractivity contribution >= 4 is 16.9 Å². The van der Waals surface area contributed by atoms with Gasteiger partial charge in [0.05, 0.1) is 23.8 Å². The predicted molar refractivity (Wildman–Crippen MR) is 85.5 cm³/mol. The van der Waals surface area contributed by atoms with Gasteiger partial charge in [0.2, 0.25) is 0 Å². The van der Waals surface area contributed by atoms with E-state index in [9.17, 15) is 0 Å². The molecule has 116 valence electrons. The summed E-state index contributed by atoms with van der Waals surface area (Å²) in [5.74, 6) is 1.66. The molecule has 1 unspecified atom stereocenters. The lowest BCUT2D eigenvalue weighted by Crippen LogP contribution is -2.12. The van der Waals surface area contributed by atoms with E-state index >= 15 is 0 Å². The molecule has 3 aromatic heterocycles. The zero-order chi connectivity index (χ0) is 15.7. The quantitative estimate of drug-likeness (QED) is 0.782. The molecule has 0 aromatic carbocycles. The number of rotatable bonds is 5. The first-order valence-corrected chi connectivity index (χ1v) is 7.56. The summed E-state index contributed by atoms with van der Waals surface area (Å²) in [5, 5.41) is 13.0. The van der Waals surface area contributed by atoms with Crippen LogP contribution >= 0.6 is 0 Å². The normalized spacial score (nSPS) is 12.7. The van der Waals surface area contributed by atoms with E-state index in [-0.39, 0.29) is 6.04 Å². The van der Waals surface area contributed by atoms with Crippen LogP contribution in [0.2, 0.25) is 0 Å². The van der Waals surface area contributed by atoms with Crippen LogP contribution in [0.4, 0.5) is 5.82 Å². The minimum absolute atomic E-state index is 0.164. The van der Waals surface area contributed by atoms with Gasteiger partial charge in [-0.15, -0.1) is 0 Å². The average Bonchev–Trinajstić information content (AvgIpc) is 3.11. The van der Waals surface area contributed by atoms with Crippen LogP contribution in [-0.4, -0.2) is 29.5 Å². The SMILES string of the molecule is CCc1nc(NC(CC)c2cnn(C)c2)c2cnn(C)c2n1. The molecular weight excluding hydrogens is 278 g/mol. The Balaban J connectivity index is 2.01. The molecule has 0 saturated heterocycles. The van der Waals surface area contributed by atoms with E-state index in [1.165, 1.54) is 0 Å². The maximum Gasteiger partial charge on any atom is 0.163 e. The Morgan fingerprint density at radius 2 is 1.95 bits per heavy atom. The number of fused-ring (bicyclic) bond motifs is 1. The zero-order valence-electron chi connectivity index (χ0n) is 13.4. The summed E-state index contributed by atoms with van der Waals surface area (Å²) in [6.45, 7) is 4.20. The van der Waals surface area contributed by atoms with Gasteiger partial charge in [-0.25, -0.2) is 9.97 Å². The number of aryl methyl sites for hydroxylation is 3. The standard InChI is InChI=1S/C15H21N7/c1-5-12(10-7-16-21(3)9-10)18-14-11-8-17-22(4)15(11)20-13(6-2)19-14/h7-9,12H,5-6H2,1-4H3,(H,18,19,20).